The van der Waals surface area contributed by atoms with Crippen LogP contribution in [-0.4, -0.2) is 43.9 Å². The van der Waals surface area contributed by atoms with Crippen molar-refractivity contribution in [3.63, 3.8) is 0 Å². The zero-order valence-electron chi connectivity index (χ0n) is 16.8. The van der Waals surface area contributed by atoms with Gasteiger partial charge in [0.05, 0.1) is 11.9 Å². The molecule has 0 saturated carbocycles. The first-order chi connectivity index (χ1) is 14.3. The Labute approximate surface area is 179 Å². The van der Waals surface area contributed by atoms with Crippen LogP contribution in [0.4, 0.5) is 10.8 Å². The van der Waals surface area contributed by atoms with E-state index in [9.17, 15) is 13.2 Å². The molecule has 2 aromatic carbocycles. The average molecular weight is 447 g/mol. The summed E-state index contributed by atoms with van der Waals surface area (Å²) in [5.41, 5.74) is 1.43. The Hall–Kier alpha value is -2.98. The van der Waals surface area contributed by atoms with Crippen LogP contribution in [0.25, 0.3) is 10.6 Å². The Bertz CT molecular complexity index is 1100. The molecule has 1 unspecified atom stereocenters. The molecule has 0 aliphatic heterocycles. The first-order valence-corrected chi connectivity index (χ1v) is 11.8. The molecule has 1 heterocycles. The summed E-state index contributed by atoms with van der Waals surface area (Å²) in [6.07, 6.45) is 0.847. The Kier molecular flexibility index (Phi) is 6.68. The lowest BCUT2D eigenvalue weighted by Gasteiger charge is -2.19. The monoisotopic (exact) mass is 446 g/mol. The average Bonchev–Trinajstić information content (AvgIpc) is 3.20. The first kappa shape index (κ1) is 21.7. The molecule has 0 aliphatic rings. The van der Waals surface area contributed by atoms with Gasteiger partial charge in [-0.25, -0.2) is 8.42 Å². The molecular formula is C20H22N4O4S2. The highest BCUT2D eigenvalue weighted by atomic mass is 32.2. The van der Waals surface area contributed by atoms with Crippen LogP contribution in [0, 0.1) is 0 Å². The van der Waals surface area contributed by atoms with E-state index in [1.54, 1.807) is 24.3 Å². The van der Waals surface area contributed by atoms with Crippen LogP contribution >= 0.6 is 11.3 Å². The summed E-state index contributed by atoms with van der Waals surface area (Å²) in [5.74, 6) is 0.135. The van der Waals surface area contributed by atoms with Crippen molar-refractivity contribution in [2.24, 2.45) is 0 Å². The number of amides is 1. The minimum Gasteiger partial charge on any atom is -0.481 e. The summed E-state index contributed by atoms with van der Waals surface area (Å²) in [6.45, 7) is 1.84. The molecule has 10 heteroatoms. The predicted octanol–water partition coefficient (Wildman–Crippen LogP) is 3.40. The maximum atomic E-state index is 12.6. The number of hydrogen-bond donors (Lipinski definition) is 1. The fourth-order valence-corrected chi connectivity index (χ4v) is 3.83. The van der Waals surface area contributed by atoms with Crippen molar-refractivity contribution < 1.29 is 17.9 Å². The number of rotatable bonds is 8. The smallest absolute Gasteiger partial charge is 0.267 e. The van der Waals surface area contributed by atoms with Gasteiger partial charge in [0.2, 0.25) is 15.2 Å². The number of carbonyl (C=O) groups excluding carboxylic acids is 1. The van der Waals surface area contributed by atoms with Crippen molar-refractivity contribution >= 4 is 38.1 Å². The van der Waals surface area contributed by atoms with E-state index in [0.717, 1.165) is 11.8 Å². The van der Waals surface area contributed by atoms with Gasteiger partial charge < -0.3 is 4.74 Å². The molecular weight excluding hydrogens is 424 g/mol. The fourth-order valence-electron chi connectivity index (χ4n) is 2.57. The summed E-state index contributed by atoms with van der Waals surface area (Å²) < 4.78 is 30.2. The number of benzene rings is 2. The van der Waals surface area contributed by atoms with Crippen LogP contribution in [-0.2, 0) is 14.8 Å². The fraction of sp³-hybridized carbons (Fsp3) is 0.250. The molecule has 0 saturated heterocycles. The van der Waals surface area contributed by atoms with Crippen LogP contribution in [0.15, 0.2) is 54.6 Å². The molecule has 1 atom stereocenters. The molecule has 8 nitrogen and oxygen atoms in total. The predicted molar refractivity (Wildman–Crippen MR) is 118 cm³/mol. The number of ether oxygens (including phenoxy) is 1. The Balaban J connectivity index is 1.65. The Morgan fingerprint density at radius 2 is 1.80 bits per heavy atom. The standard InChI is InChI=1S/C20H22N4O4S2/c1-4-17(28-16-12-10-15(11-13-16)24(2)30(3,26)27)18(25)21-20-23-22-19(29-20)14-8-6-5-7-9-14/h5-13,17H,4H2,1-3H3,(H,21,23,25). The first-order valence-electron chi connectivity index (χ1n) is 9.18. The highest BCUT2D eigenvalue weighted by Crippen LogP contribution is 2.26. The number of nitrogens with one attached hydrogen (secondary N) is 1. The molecule has 0 bridgehead atoms. The SMILES string of the molecule is CCC(Oc1ccc(N(C)S(C)(=O)=O)cc1)C(=O)Nc1nnc(-c2ccccc2)s1. The van der Waals surface area contributed by atoms with Crippen LogP contribution < -0.4 is 14.4 Å². The van der Waals surface area contributed by atoms with E-state index < -0.39 is 16.1 Å². The molecule has 0 spiro atoms. The van der Waals surface area contributed by atoms with Gasteiger partial charge >= 0.3 is 0 Å². The van der Waals surface area contributed by atoms with E-state index in [1.807, 2.05) is 37.3 Å². The van der Waals surface area contributed by atoms with Gasteiger partial charge in [0.1, 0.15) is 10.8 Å². The van der Waals surface area contributed by atoms with Crippen LogP contribution in [0.1, 0.15) is 13.3 Å². The van der Waals surface area contributed by atoms with Gasteiger partial charge in [0, 0.05) is 12.6 Å². The van der Waals surface area contributed by atoms with Crippen molar-refractivity contribution in [1.29, 1.82) is 0 Å². The molecule has 0 aliphatic carbocycles. The molecule has 3 aromatic rings. The molecule has 1 amide bonds. The van der Waals surface area contributed by atoms with Gasteiger partial charge in [-0.2, -0.15) is 0 Å². The van der Waals surface area contributed by atoms with E-state index in [0.29, 0.717) is 28.0 Å². The van der Waals surface area contributed by atoms with Crippen molar-refractivity contribution in [1.82, 2.24) is 10.2 Å². The number of sulfonamides is 1. The van der Waals surface area contributed by atoms with E-state index >= 15 is 0 Å². The normalized spacial score (nSPS) is 12.2. The minimum absolute atomic E-state index is 0.328. The Morgan fingerprint density at radius 3 is 2.40 bits per heavy atom. The van der Waals surface area contributed by atoms with Gasteiger partial charge in [-0.15, -0.1) is 10.2 Å². The van der Waals surface area contributed by atoms with E-state index in [4.69, 9.17) is 4.74 Å². The lowest BCUT2D eigenvalue weighted by atomic mass is 10.2. The van der Waals surface area contributed by atoms with E-state index in [2.05, 4.69) is 15.5 Å². The molecule has 158 valence electrons. The number of anilines is 2. The molecule has 3 rings (SSSR count). The lowest BCUT2D eigenvalue weighted by molar-refractivity contribution is -0.122. The zero-order chi connectivity index (χ0) is 21.7. The van der Waals surface area contributed by atoms with Crippen molar-refractivity contribution in [3.05, 3.63) is 54.6 Å². The van der Waals surface area contributed by atoms with Crippen molar-refractivity contribution in [3.8, 4) is 16.3 Å². The third-order valence-electron chi connectivity index (χ3n) is 4.32. The number of nitrogens with zero attached hydrogens (tertiary/aromatic N) is 3. The topological polar surface area (TPSA) is 101 Å². The largest absolute Gasteiger partial charge is 0.481 e. The molecule has 0 fully saturated rings. The number of carbonyl (C=O) groups is 1. The Morgan fingerprint density at radius 1 is 1.13 bits per heavy atom. The lowest BCUT2D eigenvalue weighted by Crippen LogP contribution is -2.32. The van der Waals surface area contributed by atoms with Crippen LogP contribution in [0.3, 0.4) is 0 Å². The summed E-state index contributed by atoms with van der Waals surface area (Å²) in [6, 6.07) is 16.1. The maximum absolute atomic E-state index is 12.6. The van der Waals surface area contributed by atoms with Crippen molar-refractivity contribution in [2.45, 2.75) is 19.4 Å². The molecule has 0 radical (unpaired) electrons. The second-order valence-corrected chi connectivity index (χ2v) is 9.50. The molecule has 1 aromatic heterocycles. The summed E-state index contributed by atoms with van der Waals surface area (Å²) in [7, 11) is -1.87. The van der Waals surface area contributed by atoms with Gasteiger partial charge in [-0.3, -0.25) is 14.4 Å². The van der Waals surface area contributed by atoms with Crippen LogP contribution in [0.2, 0.25) is 0 Å². The van der Waals surface area contributed by atoms with Gasteiger partial charge in [0.25, 0.3) is 5.91 Å². The third kappa shape index (κ3) is 5.33. The summed E-state index contributed by atoms with van der Waals surface area (Å²) in [4.78, 5) is 12.6. The second-order valence-electron chi connectivity index (χ2n) is 6.51. The maximum Gasteiger partial charge on any atom is 0.267 e. The number of aromatic nitrogens is 2. The molecule has 30 heavy (non-hydrogen) atoms. The highest BCUT2D eigenvalue weighted by molar-refractivity contribution is 7.92. The highest BCUT2D eigenvalue weighted by Gasteiger charge is 2.21. The molecule has 1 N–H and O–H groups in total. The second kappa shape index (κ2) is 9.23. The van der Waals surface area contributed by atoms with Gasteiger partial charge in [0.15, 0.2) is 6.10 Å². The van der Waals surface area contributed by atoms with Crippen LogP contribution in [0.5, 0.6) is 5.75 Å². The minimum atomic E-state index is -3.35. The quantitative estimate of drug-likeness (QED) is 0.569. The summed E-state index contributed by atoms with van der Waals surface area (Å²) >= 11 is 1.28. The third-order valence-corrected chi connectivity index (χ3v) is 6.41. The van der Waals surface area contributed by atoms with Gasteiger partial charge in [-0.1, -0.05) is 48.6 Å². The van der Waals surface area contributed by atoms with Crippen molar-refractivity contribution in [2.75, 3.05) is 22.9 Å². The van der Waals surface area contributed by atoms with Gasteiger partial charge in [-0.05, 0) is 30.7 Å². The summed E-state index contributed by atoms with van der Waals surface area (Å²) in [5, 5.41) is 12.0. The number of hydrogen-bond acceptors (Lipinski definition) is 7. The van der Waals surface area contributed by atoms with E-state index in [1.165, 1.54) is 22.7 Å². The zero-order valence-corrected chi connectivity index (χ0v) is 18.4. The van der Waals surface area contributed by atoms with E-state index in [-0.39, 0.29) is 5.91 Å².